The van der Waals surface area contributed by atoms with Crippen molar-refractivity contribution in [2.24, 2.45) is 0 Å². The van der Waals surface area contributed by atoms with Crippen LogP contribution in [0.1, 0.15) is 0 Å². The summed E-state index contributed by atoms with van der Waals surface area (Å²) in [6.45, 7) is 0. The summed E-state index contributed by atoms with van der Waals surface area (Å²) >= 11 is 0.626. The minimum absolute atomic E-state index is 0.248. The number of nitrogens with two attached hydrogens (primary N) is 1. The number of nitrogen functional groups attached to an aromatic ring is 1. The number of fused-ring (bicyclic) bond motifs is 1. The standard InChI is InChI=1S/C9H8F3N3S/c10-9(11,12)4-16-8-14-6-2-1-5(13)3-7(6)15-8/h1-3H,4,13H2,(H,14,15). The van der Waals surface area contributed by atoms with Gasteiger partial charge in [-0.15, -0.1) is 0 Å². The second kappa shape index (κ2) is 3.89. The first-order valence-electron chi connectivity index (χ1n) is 4.39. The molecule has 0 radical (unpaired) electrons. The highest BCUT2D eigenvalue weighted by atomic mass is 32.2. The van der Waals surface area contributed by atoms with Crippen molar-refractivity contribution in [3.05, 3.63) is 18.2 Å². The highest BCUT2D eigenvalue weighted by Gasteiger charge is 2.27. The van der Waals surface area contributed by atoms with Crippen LogP contribution in [0.2, 0.25) is 0 Å². The van der Waals surface area contributed by atoms with Crippen molar-refractivity contribution < 1.29 is 13.2 Å². The number of aromatic amines is 1. The number of anilines is 1. The van der Waals surface area contributed by atoms with Crippen LogP contribution in [0, 0.1) is 0 Å². The van der Waals surface area contributed by atoms with Gasteiger partial charge in [-0.3, -0.25) is 0 Å². The number of rotatable bonds is 2. The molecule has 0 fully saturated rings. The Labute approximate surface area is 93.2 Å². The van der Waals surface area contributed by atoms with Crippen molar-refractivity contribution in [2.45, 2.75) is 11.3 Å². The number of nitrogens with one attached hydrogen (secondary N) is 1. The van der Waals surface area contributed by atoms with E-state index in [1.54, 1.807) is 18.2 Å². The van der Waals surface area contributed by atoms with Gasteiger partial charge < -0.3 is 10.7 Å². The molecule has 1 aromatic heterocycles. The van der Waals surface area contributed by atoms with Gasteiger partial charge in [-0.1, -0.05) is 11.8 Å². The SMILES string of the molecule is Nc1ccc2nc(SCC(F)(F)F)[nH]c2c1. The van der Waals surface area contributed by atoms with E-state index in [0.29, 0.717) is 28.5 Å². The van der Waals surface area contributed by atoms with E-state index in [9.17, 15) is 13.2 Å². The van der Waals surface area contributed by atoms with E-state index in [1.807, 2.05) is 0 Å². The Morgan fingerprint density at radius 3 is 2.81 bits per heavy atom. The van der Waals surface area contributed by atoms with Gasteiger partial charge in [0.15, 0.2) is 5.16 Å². The molecule has 3 nitrogen and oxygen atoms in total. The van der Waals surface area contributed by atoms with Crippen molar-refractivity contribution in [1.29, 1.82) is 0 Å². The lowest BCUT2D eigenvalue weighted by Crippen LogP contribution is -2.10. The first kappa shape index (κ1) is 11.1. The summed E-state index contributed by atoms with van der Waals surface area (Å²) in [6, 6.07) is 4.96. The maximum Gasteiger partial charge on any atom is 0.398 e. The van der Waals surface area contributed by atoms with E-state index in [4.69, 9.17) is 5.73 Å². The maximum absolute atomic E-state index is 12.0. The average molecular weight is 247 g/mol. The third kappa shape index (κ3) is 2.60. The van der Waals surface area contributed by atoms with Crippen molar-refractivity contribution in [2.75, 3.05) is 11.5 Å². The molecular weight excluding hydrogens is 239 g/mol. The van der Waals surface area contributed by atoms with Crippen molar-refractivity contribution in [3.8, 4) is 0 Å². The smallest absolute Gasteiger partial charge is 0.398 e. The molecule has 16 heavy (non-hydrogen) atoms. The van der Waals surface area contributed by atoms with Crippen LogP contribution < -0.4 is 5.73 Å². The zero-order valence-electron chi connectivity index (χ0n) is 8.01. The first-order chi connectivity index (χ1) is 7.44. The third-order valence-corrected chi connectivity index (χ3v) is 2.80. The van der Waals surface area contributed by atoms with Gasteiger partial charge in [-0.05, 0) is 18.2 Å². The number of hydrogen-bond donors (Lipinski definition) is 2. The predicted molar refractivity (Wildman–Crippen MR) is 57.3 cm³/mol. The minimum atomic E-state index is -4.19. The van der Waals surface area contributed by atoms with Crippen LogP contribution in [0.15, 0.2) is 23.4 Å². The van der Waals surface area contributed by atoms with Crippen LogP contribution in [-0.4, -0.2) is 21.9 Å². The number of thioether (sulfide) groups is 1. The number of hydrogen-bond acceptors (Lipinski definition) is 3. The van der Waals surface area contributed by atoms with E-state index in [0.717, 1.165) is 0 Å². The Balaban J connectivity index is 2.20. The predicted octanol–water partition coefficient (Wildman–Crippen LogP) is 2.80. The summed E-state index contributed by atoms with van der Waals surface area (Å²) in [7, 11) is 0. The monoisotopic (exact) mass is 247 g/mol. The lowest BCUT2D eigenvalue weighted by atomic mass is 10.3. The van der Waals surface area contributed by atoms with Crippen LogP contribution in [0.3, 0.4) is 0 Å². The third-order valence-electron chi connectivity index (χ3n) is 1.86. The molecule has 2 rings (SSSR count). The molecule has 3 N–H and O–H groups in total. The van der Waals surface area contributed by atoms with Gasteiger partial charge in [0.1, 0.15) is 0 Å². The number of nitrogens with zero attached hydrogens (tertiary/aromatic N) is 1. The van der Waals surface area contributed by atoms with E-state index < -0.39 is 11.9 Å². The molecule has 7 heteroatoms. The van der Waals surface area contributed by atoms with Gasteiger partial charge in [0, 0.05) is 5.69 Å². The molecule has 0 aliphatic rings. The van der Waals surface area contributed by atoms with E-state index >= 15 is 0 Å². The maximum atomic E-state index is 12.0. The van der Waals surface area contributed by atoms with Crippen LogP contribution >= 0.6 is 11.8 Å². The van der Waals surface area contributed by atoms with E-state index in [2.05, 4.69) is 9.97 Å². The highest BCUT2D eigenvalue weighted by molar-refractivity contribution is 7.99. The van der Waals surface area contributed by atoms with Gasteiger partial charge in [-0.25, -0.2) is 4.98 Å². The Morgan fingerprint density at radius 2 is 2.12 bits per heavy atom. The summed E-state index contributed by atoms with van der Waals surface area (Å²) in [6.07, 6.45) is -4.19. The fraction of sp³-hybridized carbons (Fsp3) is 0.222. The van der Waals surface area contributed by atoms with Crippen molar-refractivity contribution in [3.63, 3.8) is 0 Å². The molecule has 0 atom stereocenters. The molecule has 0 unspecified atom stereocenters. The Bertz CT molecular complexity index is 506. The molecule has 1 aromatic carbocycles. The van der Waals surface area contributed by atoms with Crippen LogP contribution in [0.4, 0.5) is 18.9 Å². The summed E-state index contributed by atoms with van der Waals surface area (Å²) < 4.78 is 35.9. The van der Waals surface area contributed by atoms with Gasteiger partial charge in [0.05, 0.1) is 16.8 Å². The molecule has 0 amide bonds. The Morgan fingerprint density at radius 1 is 1.38 bits per heavy atom. The number of imidazole rings is 1. The second-order valence-electron chi connectivity index (χ2n) is 3.22. The first-order valence-corrected chi connectivity index (χ1v) is 5.37. The number of H-pyrrole nitrogens is 1. The lowest BCUT2D eigenvalue weighted by molar-refractivity contribution is -0.105. The van der Waals surface area contributed by atoms with Crippen molar-refractivity contribution in [1.82, 2.24) is 9.97 Å². The van der Waals surface area contributed by atoms with Gasteiger partial charge in [0.2, 0.25) is 0 Å². The fourth-order valence-corrected chi connectivity index (χ4v) is 1.87. The molecular formula is C9H8F3N3S. The second-order valence-corrected chi connectivity index (χ2v) is 4.19. The number of benzene rings is 1. The molecule has 0 aliphatic carbocycles. The fourth-order valence-electron chi connectivity index (χ4n) is 1.22. The molecule has 0 saturated carbocycles. The summed E-state index contributed by atoms with van der Waals surface area (Å²) in [5.74, 6) is -0.956. The highest BCUT2D eigenvalue weighted by Crippen LogP contribution is 2.27. The topological polar surface area (TPSA) is 54.7 Å². The number of halogens is 3. The summed E-state index contributed by atoms with van der Waals surface area (Å²) in [4.78, 5) is 6.79. The summed E-state index contributed by atoms with van der Waals surface area (Å²) in [5, 5.41) is 0.248. The van der Waals surface area contributed by atoms with E-state index in [-0.39, 0.29) is 5.16 Å². The summed E-state index contributed by atoms with van der Waals surface area (Å²) in [5.41, 5.74) is 7.34. The van der Waals surface area contributed by atoms with Crippen LogP contribution in [-0.2, 0) is 0 Å². The molecule has 0 spiro atoms. The van der Waals surface area contributed by atoms with Gasteiger partial charge >= 0.3 is 6.18 Å². The molecule has 0 saturated heterocycles. The van der Waals surface area contributed by atoms with Gasteiger partial charge in [-0.2, -0.15) is 13.2 Å². The molecule has 2 aromatic rings. The Hall–Kier alpha value is -1.37. The minimum Gasteiger partial charge on any atom is -0.399 e. The van der Waals surface area contributed by atoms with Crippen LogP contribution in [0.5, 0.6) is 0 Å². The van der Waals surface area contributed by atoms with Crippen LogP contribution in [0.25, 0.3) is 11.0 Å². The number of alkyl halides is 3. The average Bonchev–Trinajstić information content (AvgIpc) is 2.55. The zero-order chi connectivity index (χ0) is 11.8. The Kier molecular flexibility index (Phi) is 2.71. The molecule has 0 bridgehead atoms. The van der Waals surface area contributed by atoms with Gasteiger partial charge in [0.25, 0.3) is 0 Å². The molecule has 1 heterocycles. The zero-order valence-corrected chi connectivity index (χ0v) is 8.82. The lowest BCUT2D eigenvalue weighted by Gasteiger charge is -2.02. The largest absolute Gasteiger partial charge is 0.399 e. The normalized spacial score (nSPS) is 12.2. The molecule has 86 valence electrons. The van der Waals surface area contributed by atoms with E-state index in [1.165, 1.54) is 0 Å². The number of aromatic nitrogens is 2. The quantitative estimate of drug-likeness (QED) is 0.633. The molecule has 0 aliphatic heterocycles. The van der Waals surface area contributed by atoms with Crippen molar-refractivity contribution >= 4 is 28.5 Å².